The van der Waals surface area contributed by atoms with Gasteiger partial charge < -0.3 is 14.6 Å². The molecule has 0 spiro atoms. The Morgan fingerprint density at radius 2 is 1.35 bits per heavy atom. The number of hydrogen-bond donors (Lipinski definition) is 1. The zero-order chi connectivity index (χ0) is 24.3. The van der Waals surface area contributed by atoms with E-state index < -0.39 is 23.4 Å². The number of ether oxygens (including phenoxy) is 2. The molecule has 34 heavy (non-hydrogen) atoms. The van der Waals surface area contributed by atoms with Gasteiger partial charge in [0.2, 0.25) is 0 Å². The maximum Gasteiger partial charge on any atom is 0.283 e. The molecule has 1 N–H and O–H groups in total. The van der Waals surface area contributed by atoms with Crippen molar-refractivity contribution in [1.29, 1.82) is 0 Å². The summed E-state index contributed by atoms with van der Waals surface area (Å²) >= 11 is 0. The lowest BCUT2D eigenvalue weighted by Gasteiger charge is -2.46. The summed E-state index contributed by atoms with van der Waals surface area (Å²) in [6.45, 7) is 5.43. The van der Waals surface area contributed by atoms with Crippen LogP contribution < -0.4 is 0 Å². The van der Waals surface area contributed by atoms with Crippen LogP contribution in [-0.4, -0.2) is 24.3 Å². The summed E-state index contributed by atoms with van der Waals surface area (Å²) in [4.78, 5) is 0. The molecule has 0 unspecified atom stereocenters. The van der Waals surface area contributed by atoms with E-state index in [0.717, 1.165) is 64.2 Å². The molecule has 3 fully saturated rings. The van der Waals surface area contributed by atoms with Crippen molar-refractivity contribution < 1.29 is 27.8 Å². The van der Waals surface area contributed by atoms with Gasteiger partial charge in [-0.3, -0.25) is 0 Å². The Morgan fingerprint density at radius 1 is 0.853 bits per heavy atom. The van der Waals surface area contributed by atoms with Crippen LogP contribution in [0.5, 0.6) is 0 Å². The fourth-order valence-corrected chi connectivity index (χ4v) is 6.50. The van der Waals surface area contributed by atoms with Crippen molar-refractivity contribution in [3.05, 3.63) is 35.1 Å². The van der Waals surface area contributed by atoms with Gasteiger partial charge in [0.15, 0.2) is 17.5 Å². The van der Waals surface area contributed by atoms with Gasteiger partial charge in [0.1, 0.15) is 0 Å². The first-order valence-electron chi connectivity index (χ1n) is 13.4. The highest BCUT2D eigenvalue weighted by Gasteiger charge is 2.47. The molecule has 3 aliphatic rings. The molecular weight excluding hydrogens is 441 g/mol. The Bertz CT molecular complexity index is 782. The van der Waals surface area contributed by atoms with E-state index in [1.807, 2.05) is 0 Å². The predicted molar refractivity (Wildman–Crippen MR) is 126 cm³/mol. The second kappa shape index (κ2) is 10.9. The van der Waals surface area contributed by atoms with E-state index in [1.54, 1.807) is 0 Å². The molecule has 0 bridgehead atoms. The van der Waals surface area contributed by atoms with Crippen LogP contribution >= 0.6 is 0 Å². The van der Waals surface area contributed by atoms with Gasteiger partial charge >= 0.3 is 0 Å². The third kappa shape index (κ3) is 5.99. The summed E-state index contributed by atoms with van der Waals surface area (Å²) < 4.78 is 52.2. The van der Waals surface area contributed by atoms with Crippen LogP contribution in [0.2, 0.25) is 0 Å². The van der Waals surface area contributed by atoms with Gasteiger partial charge in [-0.2, -0.15) is 0 Å². The van der Waals surface area contributed by atoms with Crippen molar-refractivity contribution in [1.82, 2.24) is 0 Å². The molecule has 2 aliphatic carbocycles. The van der Waals surface area contributed by atoms with Crippen LogP contribution in [0.25, 0.3) is 0 Å². The molecule has 2 saturated carbocycles. The van der Waals surface area contributed by atoms with Crippen molar-refractivity contribution in [2.45, 2.75) is 103 Å². The summed E-state index contributed by atoms with van der Waals surface area (Å²) in [5.41, 5.74) is 0.587. The van der Waals surface area contributed by atoms with E-state index >= 15 is 0 Å². The van der Waals surface area contributed by atoms with E-state index in [2.05, 4.69) is 13.8 Å². The molecule has 6 heteroatoms. The Balaban J connectivity index is 1.17. The molecule has 0 aromatic heterocycles. The zero-order valence-electron chi connectivity index (χ0n) is 20.8. The molecule has 0 atom stereocenters. The molecule has 1 saturated heterocycles. The van der Waals surface area contributed by atoms with Gasteiger partial charge in [-0.1, -0.05) is 33.1 Å². The monoisotopic (exact) mass is 482 g/mol. The maximum absolute atomic E-state index is 13.6. The fraction of sp³-hybridized carbons (Fsp3) is 0.786. The topological polar surface area (TPSA) is 38.7 Å². The average Bonchev–Trinajstić information content (AvgIpc) is 2.84. The molecule has 1 aliphatic heterocycles. The van der Waals surface area contributed by atoms with Crippen LogP contribution in [0.4, 0.5) is 13.2 Å². The van der Waals surface area contributed by atoms with Crippen molar-refractivity contribution in [2.75, 3.05) is 13.2 Å². The van der Waals surface area contributed by atoms with E-state index in [0.29, 0.717) is 30.6 Å². The summed E-state index contributed by atoms with van der Waals surface area (Å²) in [5.74, 6) is -3.49. The Morgan fingerprint density at radius 3 is 1.85 bits per heavy atom. The lowest BCUT2D eigenvalue weighted by atomic mass is 9.74. The van der Waals surface area contributed by atoms with E-state index in [9.17, 15) is 18.3 Å². The SMILES string of the molecule is CCCC1(C)COC(O)(C2CCC(CCC3CCC(c4cc(F)c(F)c(F)c4)CC3)CC2)OC1. The molecule has 0 amide bonds. The average molecular weight is 483 g/mol. The highest BCUT2D eigenvalue weighted by molar-refractivity contribution is 5.23. The zero-order valence-corrected chi connectivity index (χ0v) is 20.8. The van der Waals surface area contributed by atoms with Crippen molar-refractivity contribution in [2.24, 2.45) is 23.2 Å². The van der Waals surface area contributed by atoms with Crippen LogP contribution in [0.1, 0.15) is 102 Å². The lowest BCUT2D eigenvalue weighted by Crippen LogP contribution is -2.53. The van der Waals surface area contributed by atoms with Gasteiger partial charge in [-0.15, -0.1) is 0 Å². The Labute approximate surface area is 202 Å². The van der Waals surface area contributed by atoms with E-state index in [1.165, 1.54) is 25.0 Å². The van der Waals surface area contributed by atoms with Gasteiger partial charge in [-0.25, -0.2) is 13.2 Å². The quantitative estimate of drug-likeness (QED) is 0.410. The molecule has 3 nitrogen and oxygen atoms in total. The molecule has 1 heterocycles. The molecule has 1 aromatic carbocycles. The lowest BCUT2D eigenvalue weighted by molar-refractivity contribution is -0.427. The number of aliphatic hydroxyl groups is 1. The molecule has 1 aromatic rings. The first-order valence-corrected chi connectivity index (χ1v) is 13.4. The highest BCUT2D eigenvalue weighted by atomic mass is 19.2. The number of rotatable bonds is 7. The van der Waals surface area contributed by atoms with Crippen molar-refractivity contribution >= 4 is 0 Å². The van der Waals surface area contributed by atoms with Gasteiger partial charge in [-0.05, 0) is 93.2 Å². The van der Waals surface area contributed by atoms with Gasteiger partial charge in [0.25, 0.3) is 5.97 Å². The molecular formula is C28H41F3O3. The number of benzene rings is 1. The smallest absolute Gasteiger partial charge is 0.283 e. The van der Waals surface area contributed by atoms with Gasteiger partial charge in [0, 0.05) is 11.3 Å². The second-order valence-electron chi connectivity index (χ2n) is 11.6. The minimum absolute atomic E-state index is 0.00376. The predicted octanol–water partition coefficient (Wildman–Crippen LogP) is 7.46. The third-order valence-corrected chi connectivity index (χ3v) is 8.78. The Hall–Kier alpha value is -1.11. The minimum atomic E-state index is -1.42. The summed E-state index contributed by atoms with van der Waals surface area (Å²) in [7, 11) is 0. The normalized spacial score (nSPS) is 37.0. The van der Waals surface area contributed by atoms with E-state index in [-0.39, 0.29) is 17.3 Å². The number of halogens is 3. The van der Waals surface area contributed by atoms with Crippen molar-refractivity contribution in [3.8, 4) is 0 Å². The summed E-state index contributed by atoms with van der Waals surface area (Å²) in [6, 6.07) is 2.33. The van der Waals surface area contributed by atoms with Crippen LogP contribution in [-0.2, 0) is 9.47 Å². The minimum Gasteiger partial charge on any atom is -0.343 e. The second-order valence-corrected chi connectivity index (χ2v) is 11.6. The van der Waals surface area contributed by atoms with Crippen LogP contribution in [0, 0.1) is 40.6 Å². The standard InChI is InChI=1S/C28H41F3O3/c1-3-14-27(2)17-33-28(32,34-18-27)23-12-8-20(9-13-23)5-4-19-6-10-21(11-7-19)22-15-24(29)26(31)25(30)16-22/h15-16,19-21,23,32H,3-14,17-18H2,1-2H3. The summed E-state index contributed by atoms with van der Waals surface area (Å²) in [5, 5.41) is 11.0. The Kier molecular flexibility index (Phi) is 8.31. The first-order chi connectivity index (χ1) is 16.2. The third-order valence-electron chi connectivity index (χ3n) is 8.78. The van der Waals surface area contributed by atoms with Crippen LogP contribution in [0.3, 0.4) is 0 Å². The molecule has 4 rings (SSSR count). The fourth-order valence-electron chi connectivity index (χ4n) is 6.50. The molecule has 192 valence electrons. The largest absolute Gasteiger partial charge is 0.343 e. The van der Waals surface area contributed by atoms with E-state index in [4.69, 9.17) is 9.47 Å². The molecule has 0 radical (unpaired) electrons. The summed E-state index contributed by atoms with van der Waals surface area (Å²) in [6.07, 6.45) is 12.5. The highest BCUT2D eigenvalue weighted by Crippen LogP contribution is 2.44. The van der Waals surface area contributed by atoms with Crippen molar-refractivity contribution in [3.63, 3.8) is 0 Å². The first kappa shape index (κ1) is 26.0. The van der Waals surface area contributed by atoms with Gasteiger partial charge in [0.05, 0.1) is 13.2 Å². The number of hydrogen-bond acceptors (Lipinski definition) is 3. The van der Waals surface area contributed by atoms with Crippen LogP contribution in [0.15, 0.2) is 12.1 Å². The maximum atomic E-state index is 13.6.